The van der Waals surface area contributed by atoms with Gasteiger partial charge in [-0.25, -0.2) is 4.79 Å². The second-order valence-electron chi connectivity index (χ2n) is 4.67. The molecule has 21 heavy (non-hydrogen) atoms. The zero-order chi connectivity index (χ0) is 15.6. The van der Waals surface area contributed by atoms with Crippen LogP contribution in [0.4, 0.5) is 5.69 Å². The normalized spacial score (nSPS) is 10.3. The summed E-state index contributed by atoms with van der Waals surface area (Å²) in [4.78, 5) is 25.8. The van der Waals surface area contributed by atoms with E-state index in [1.54, 1.807) is 44.4 Å². The number of hydrogen-bond donors (Lipinski definition) is 0. The molecular formula is C15H17N3O3. The van der Waals surface area contributed by atoms with Gasteiger partial charge in [0.05, 0.1) is 24.1 Å². The van der Waals surface area contributed by atoms with Crippen molar-refractivity contribution in [3.05, 3.63) is 47.3 Å². The molecule has 0 unspecified atom stereocenters. The van der Waals surface area contributed by atoms with Gasteiger partial charge in [-0.15, -0.1) is 0 Å². The number of rotatable bonds is 3. The number of anilines is 1. The summed E-state index contributed by atoms with van der Waals surface area (Å²) >= 11 is 0. The van der Waals surface area contributed by atoms with E-state index in [0.29, 0.717) is 16.9 Å². The van der Waals surface area contributed by atoms with E-state index in [1.807, 2.05) is 6.92 Å². The molecule has 2 rings (SSSR count). The summed E-state index contributed by atoms with van der Waals surface area (Å²) in [5.41, 5.74) is 2.05. The fraction of sp³-hybridized carbons (Fsp3) is 0.267. The first kappa shape index (κ1) is 14.8. The summed E-state index contributed by atoms with van der Waals surface area (Å²) in [6, 6.07) is 8.52. The van der Waals surface area contributed by atoms with Gasteiger partial charge in [-0.3, -0.25) is 9.48 Å². The molecule has 0 aliphatic carbocycles. The second kappa shape index (κ2) is 5.78. The van der Waals surface area contributed by atoms with Crippen LogP contribution in [-0.2, 0) is 11.8 Å². The quantitative estimate of drug-likeness (QED) is 0.807. The monoisotopic (exact) mass is 287 g/mol. The number of aryl methyl sites for hydroxylation is 2. The van der Waals surface area contributed by atoms with Crippen molar-refractivity contribution in [1.29, 1.82) is 0 Å². The van der Waals surface area contributed by atoms with Crippen LogP contribution in [0.1, 0.15) is 26.5 Å². The summed E-state index contributed by atoms with van der Waals surface area (Å²) in [6.07, 6.45) is 0. The van der Waals surface area contributed by atoms with E-state index in [1.165, 1.54) is 16.7 Å². The Balaban J connectivity index is 2.41. The molecule has 0 aliphatic heterocycles. The molecule has 1 aromatic heterocycles. The van der Waals surface area contributed by atoms with Crippen molar-refractivity contribution < 1.29 is 14.3 Å². The predicted molar refractivity (Wildman–Crippen MR) is 78.5 cm³/mol. The lowest BCUT2D eigenvalue weighted by Crippen LogP contribution is -2.29. The molecule has 0 radical (unpaired) electrons. The lowest BCUT2D eigenvalue weighted by atomic mass is 10.1. The van der Waals surface area contributed by atoms with Gasteiger partial charge in [0.1, 0.15) is 5.69 Å². The van der Waals surface area contributed by atoms with Gasteiger partial charge >= 0.3 is 5.97 Å². The van der Waals surface area contributed by atoms with E-state index in [4.69, 9.17) is 4.74 Å². The zero-order valence-electron chi connectivity index (χ0n) is 12.5. The van der Waals surface area contributed by atoms with Crippen LogP contribution in [0.2, 0.25) is 0 Å². The minimum Gasteiger partial charge on any atom is -0.465 e. The van der Waals surface area contributed by atoms with Gasteiger partial charge < -0.3 is 9.64 Å². The van der Waals surface area contributed by atoms with Gasteiger partial charge in [-0.2, -0.15) is 5.10 Å². The zero-order valence-corrected chi connectivity index (χ0v) is 12.5. The standard InChI is InChI=1S/C15H17N3O3/c1-10-9-13(18(3)16-10)14(19)17(2)12-8-6-5-7-11(12)15(20)21-4/h5-9H,1-4H3. The minimum atomic E-state index is -0.480. The van der Waals surface area contributed by atoms with Gasteiger partial charge in [0.25, 0.3) is 5.91 Å². The predicted octanol–water partition coefficient (Wildman–Crippen LogP) is 1.79. The minimum absolute atomic E-state index is 0.241. The summed E-state index contributed by atoms with van der Waals surface area (Å²) in [5.74, 6) is -0.721. The summed E-state index contributed by atoms with van der Waals surface area (Å²) in [6.45, 7) is 1.82. The Kier molecular flexibility index (Phi) is 4.07. The second-order valence-corrected chi connectivity index (χ2v) is 4.67. The fourth-order valence-electron chi connectivity index (χ4n) is 2.14. The number of aromatic nitrogens is 2. The summed E-state index contributed by atoms with van der Waals surface area (Å²) < 4.78 is 6.27. The van der Waals surface area contributed by atoms with Crippen LogP contribution in [0, 0.1) is 6.92 Å². The van der Waals surface area contributed by atoms with E-state index >= 15 is 0 Å². The number of para-hydroxylation sites is 1. The Hall–Kier alpha value is -2.63. The van der Waals surface area contributed by atoms with Crippen LogP contribution in [0.25, 0.3) is 0 Å². The fourth-order valence-corrected chi connectivity index (χ4v) is 2.14. The Bertz CT molecular complexity index is 691. The topological polar surface area (TPSA) is 64.4 Å². The molecule has 6 nitrogen and oxygen atoms in total. The molecule has 0 saturated carbocycles. The Morgan fingerprint density at radius 2 is 1.95 bits per heavy atom. The van der Waals surface area contributed by atoms with E-state index in [-0.39, 0.29) is 5.91 Å². The van der Waals surface area contributed by atoms with Crippen molar-refractivity contribution in [2.45, 2.75) is 6.92 Å². The van der Waals surface area contributed by atoms with Gasteiger partial charge in [0.2, 0.25) is 0 Å². The number of carbonyl (C=O) groups is 2. The van der Waals surface area contributed by atoms with Gasteiger partial charge in [0, 0.05) is 14.1 Å². The first-order chi connectivity index (χ1) is 9.95. The third-order valence-corrected chi connectivity index (χ3v) is 3.20. The van der Waals surface area contributed by atoms with E-state index < -0.39 is 5.97 Å². The lowest BCUT2D eigenvalue weighted by molar-refractivity contribution is 0.0601. The Morgan fingerprint density at radius 1 is 1.29 bits per heavy atom. The molecule has 6 heteroatoms. The van der Waals surface area contributed by atoms with Gasteiger partial charge in [-0.05, 0) is 25.1 Å². The van der Waals surface area contributed by atoms with E-state index in [9.17, 15) is 9.59 Å². The smallest absolute Gasteiger partial charge is 0.339 e. The highest BCUT2D eigenvalue weighted by Gasteiger charge is 2.22. The number of carbonyl (C=O) groups excluding carboxylic acids is 2. The highest BCUT2D eigenvalue weighted by Crippen LogP contribution is 2.22. The number of amides is 1. The third kappa shape index (κ3) is 2.79. The molecule has 0 bridgehead atoms. The SMILES string of the molecule is COC(=O)c1ccccc1N(C)C(=O)c1cc(C)nn1C. The maximum absolute atomic E-state index is 12.6. The van der Waals surface area contributed by atoms with Gasteiger partial charge in [0.15, 0.2) is 0 Å². The van der Waals surface area contributed by atoms with Crippen LogP contribution in [0.3, 0.4) is 0 Å². The largest absolute Gasteiger partial charge is 0.465 e. The first-order valence-corrected chi connectivity index (χ1v) is 6.41. The highest BCUT2D eigenvalue weighted by atomic mass is 16.5. The number of nitrogens with zero attached hydrogens (tertiary/aromatic N) is 3. The van der Waals surface area contributed by atoms with Crippen molar-refractivity contribution >= 4 is 17.6 Å². The Labute approximate surface area is 122 Å². The molecule has 0 saturated heterocycles. The molecule has 0 fully saturated rings. The molecule has 2 aromatic rings. The molecule has 1 aromatic carbocycles. The maximum atomic E-state index is 12.6. The number of benzene rings is 1. The van der Waals surface area contributed by atoms with Crippen LogP contribution >= 0.6 is 0 Å². The molecule has 0 N–H and O–H groups in total. The molecule has 0 atom stereocenters. The number of ether oxygens (including phenoxy) is 1. The number of hydrogen-bond acceptors (Lipinski definition) is 4. The van der Waals surface area contributed by atoms with Crippen LogP contribution < -0.4 is 4.90 Å². The molecular weight excluding hydrogens is 270 g/mol. The third-order valence-electron chi connectivity index (χ3n) is 3.20. The maximum Gasteiger partial charge on any atom is 0.339 e. The van der Waals surface area contributed by atoms with Crippen LogP contribution in [-0.4, -0.2) is 35.8 Å². The highest BCUT2D eigenvalue weighted by molar-refractivity contribution is 6.08. The van der Waals surface area contributed by atoms with E-state index in [2.05, 4.69) is 5.10 Å². The Morgan fingerprint density at radius 3 is 2.52 bits per heavy atom. The molecule has 1 heterocycles. The number of methoxy groups -OCH3 is 1. The first-order valence-electron chi connectivity index (χ1n) is 6.41. The lowest BCUT2D eigenvalue weighted by Gasteiger charge is -2.19. The van der Waals surface area contributed by atoms with Crippen molar-refractivity contribution in [3.8, 4) is 0 Å². The average Bonchev–Trinajstić information content (AvgIpc) is 2.83. The molecule has 1 amide bonds. The molecule has 0 spiro atoms. The molecule has 0 aliphatic rings. The summed E-state index contributed by atoms with van der Waals surface area (Å²) in [7, 11) is 4.64. The van der Waals surface area contributed by atoms with Crippen molar-refractivity contribution in [3.63, 3.8) is 0 Å². The van der Waals surface area contributed by atoms with E-state index in [0.717, 1.165) is 5.69 Å². The van der Waals surface area contributed by atoms with Crippen molar-refractivity contribution in [1.82, 2.24) is 9.78 Å². The van der Waals surface area contributed by atoms with Crippen LogP contribution in [0.15, 0.2) is 30.3 Å². The average molecular weight is 287 g/mol. The number of esters is 1. The van der Waals surface area contributed by atoms with Crippen molar-refractivity contribution in [2.75, 3.05) is 19.1 Å². The summed E-state index contributed by atoms with van der Waals surface area (Å²) in [5, 5.41) is 4.16. The van der Waals surface area contributed by atoms with Gasteiger partial charge in [-0.1, -0.05) is 12.1 Å². The molecule has 110 valence electrons. The van der Waals surface area contributed by atoms with Crippen molar-refractivity contribution in [2.24, 2.45) is 7.05 Å². The van der Waals surface area contributed by atoms with Crippen LogP contribution in [0.5, 0.6) is 0 Å².